The summed E-state index contributed by atoms with van der Waals surface area (Å²) in [6.45, 7) is 0. The van der Waals surface area contributed by atoms with Crippen LogP contribution < -0.4 is 4.74 Å². The van der Waals surface area contributed by atoms with Crippen molar-refractivity contribution in [3.8, 4) is 16.9 Å². The molecule has 22 heavy (non-hydrogen) atoms. The number of benzene rings is 2. The summed E-state index contributed by atoms with van der Waals surface area (Å²) in [7, 11) is 0. The summed E-state index contributed by atoms with van der Waals surface area (Å²) in [5.41, 5.74) is 1.52. The van der Waals surface area contributed by atoms with Crippen molar-refractivity contribution in [2.75, 3.05) is 0 Å². The summed E-state index contributed by atoms with van der Waals surface area (Å²) in [6.07, 6.45) is -5.99. The number of carbonyl (C=O) groups is 1. The average molecular weight is 316 g/mol. The summed E-state index contributed by atoms with van der Waals surface area (Å²) in [6, 6.07) is 14.1. The number of esters is 1. The maximum Gasteiger partial charge on any atom is 0.465 e. The molecule has 2 aromatic carbocycles. The van der Waals surface area contributed by atoms with Crippen molar-refractivity contribution in [3.63, 3.8) is 0 Å². The smallest absolute Gasteiger partial charge is 0.422 e. The van der Waals surface area contributed by atoms with Crippen LogP contribution in [0.5, 0.6) is 5.75 Å². The molecule has 0 aliphatic carbocycles. The molecule has 2 aromatic rings. The zero-order chi connectivity index (χ0) is 16.4. The van der Waals surface area contributed by atoms with Crippen molar-refractivity contribution >= 4 is 5.97 Å². The summed E-state index contributed by atoms with van der Waals surface area (Å²) in [4.78, 5) is 10.9. The van der Waals surface area contributed by atoms with Crippen molar-refractivity contribution in [1.82, 2.24) is 0 Å². The highest BCUT2D eigenvalue weighted by molar-refractivity contribution is 5.81. The van der Waals surface area contributed by atoms with E-state index in [9.17, 15) is 26.7 Å². The third kappa shape index (κ3) is 3.24. The van der Waals surface area contributed by atoms with E-state index < -0.39 is 23.8 Å². The molecule has 0 radical (unpaired) electrons. The molecule has 0 fully saturated rings. The van der Waals surface area contributed by atoms with E-state index in [-0.39, 0.29) is 0 Å². The molecule has 0 spiro atoms. The van der Waals surface area contributed by atoms with E-state index in [2.05, 4.69) is 4.74 Å². The molecule has 0 saturated heterocycles. The third-order valence-corrected chi connectivity index (χ3v) is 2.78. The van der Waals surface area contributed by atoms with Gasteiger partial charge in [0.25, 0.3) is 0 Å². The Hall–Kier alpha value is -2.44. The Morgan fingerprint density at radius 1 is 0.773 bits per heavy atom. The van der Waals surface area contributed by atoms with Gasteiger partial charge in [0, 0.05) is 0 Å². The Bertz CT molecular complexity index is 648. The van der Waals surface area contributed by atoms with Crippen molar-refractivity contribution in [2.24, 2.45) is 0 Å². The van der Waals surface area contributed by atoms with E-state index in [4.69, 9.17) is 0 Å². The van der Waals surface area contributed by atoms with Gasteiger partial charge >= 0.3 is 18.1 Å². The fourth-order valence-electron chi connectivity index (χ4n) is 1.63. The number of alkyl halides is 5. The van der Waals surface area contributed by atoms with Gasteiger partial charge in [-0.15, -0.1) is 0 Å². The van der Waals surface area contributed by atoms with Gasteiger partial charge in [-0.25, -0.2) is 4.79 Å². The second-order valence-electron chi connectivity index (χ2n) is 4.35. The summed E-state index contributed by atoms with van der Waals surface area (Å²) in [5.74, 6) is -8.61. The SMILES string of the molecule is O=C(Oc1ccc(-c2ccccc2)cc1)C(F)(F)C(F)(F)F. The van der Waals surface area contributed by atoms with Crippen molar-refractivity contribution in [2.45, 2.75) is 12.1 Å². The maximum atomic E-state index is 12.8. The van der Waals surface area contributed by atoms with E-state index in [1.807, 2.05) is 0 Å². The molecular weight excluding hydrogens is 307 g/mol. The Morgan fingerprint density at radius 3 is 1.77 bits per heavy atom. The number of hydrogen-bond donors (Lipinski definition) is 0. The molecule has 0 aliphatic heterocycles. The molecule has 2 nitrogen and oxygen atoms in total. The Morgan fingerprint density at radius 2 is 1.27 bits per heavy atom. The molecule has 0 amide bonds. The first-order valence-electron chi connectivity index (χ1n) is 6.04. The highest BCUT2D eigenvalue weighted by Crippen LogP contribution is 2.36. The van der Waals surface area contributed by atoms with Gasteiger partial charge in [-0.05, 0) is 23.3 Å². The molecule has 2 rings (SSSR count). The number of rotatable bonds is 3. The summed E-state index contributed by atoms with van der Waals surface area (Å²) >= 11 is 0. The normalized spacial score (nSPS) is 12.0. The highest BCUT2D eigenvalue weighted by atomic mass is 19.4. The minimum atomic E-state index is -5.99. The molecule has 0 aliphatic rings. The topological polar surface area (TPSA) is 26.3 Å². The van der Waals surface area contributed by atoms with Crippen molar-refractivity contribution in [3.05, 3.63) is 54.6 Å². The van der Waals surface area contributed by atoms with E-state index in [1.54, 1.807) is 30.3 Å². The van der Waals surface area contributed by atoms with Gasteiger partial charge in [0.05, 0.1) is 0 Å². The van der Waals surface area contributed by atoms with Crippen LogP contribution >= 0.6 is 0 Å². The number of hydrogen-bond acceptors (Lipinski definition) is 2. The molecule has 7 heteroatoms. The first kappa shape index (κ1) is 15.9. The van der Waals surface area contributed by atoms with Gasteiger partial charge < -0.3 is 4.74 Å². The minimum absolute atomic E-state index is 0.395. The van der Waals surface area contributed by atoms with Gasteiger partial charge in [0.2, 0.25) is 0 Å². The second kappa shape index (κ2) is 5.75. The average Bonchev–Trinajstić information content (AvgIpc) is 2.47. The van der Waals surface area contributed by atoms with Crippen molar-refractivity contribution in [1.29, 1.82) is 0 Å². The zero-order valence-electron chi connectivity index (χ0n) is 10.9. The third-order valence-electron chi connectivity index (χ3n) is 2.78. The molecule has 0 saturated carbocycles. The first-order chi connectivity index (χ1) is 10.2. The number of ether oxygens (including phenoxy) is 1. The van der Waals surface area contributed by atoms with Crippen LogP contribution in [0.2, 0.25) is 0 Å². The van der Waals surface area contributed by atoms with Crippen LogP contribution in [0.25, 0.3) is 11.1 Å². The van der Waals surface area contributed by atoms with Crippen LogP contribution in [-0.4, -0.2) is 18.1 Å². The van der Waals surface area contributed by atoms with Crippen LogP contribution in [0, 0.1) is 0 Å². The summed E-state index contributed by atoms with van der Waals surface area (Å²) < 4.78 is 65.7. The lowest BCUT2D eigenvalue weighted by molar-refractivity contribution is -0.276. The van der Waals surface area contributed by atoms with Crippen LogP contribution in [0.15, 0.2) is 54.6 Å². The van der Waals surface area contributed by atoms with Crippen LogP contribution in [-0.2, 0) is 4.79 Å². The van der Waals surface area contributed by atoms with E-state index in [0.29, 0.717) is 5.56 Å². The lowest BCUT2D eigenvalue weighted by atomic mass is 10.1. The van der Waals surface area contributed by atoms with Crippen LogP contribution in [0.3, 0.4) is 0 Å². The van der Waals surface area contributed by atoms with Gasteiger partial charge in [-0.3, -0.25) is 0 Å². The van der Waals surface area contributed by atoms with Crippen LogP contribution in [0.4, 0.5) is 22.0 Å². The molecule has 0 N–H and O–H groups in total. The van der Waals surface area contributed by atoms with E-state index in [1.165, 1.54) is 12.1 Å². The standard InChI is InChI=1S/C15H9F5O2/c16-14(17,15(18,19)20)13(21)22-12-8-6-11(7-9-12)10-4-2-1-3-5-10/h1-9H. The lowest BCUT2D eigenvalue weighted by Crippen LogP contribution is -2.46. The van der Waals surface area contributed by atoms with Crippen LogP contribution in [0.1, 0.15) is 0 Å². The molecule has 0 atom stereocenters. The Labute approximate surface area is 122 Å². The zero-order valence-corrected chi connectivity index (χ0v) is 10.9. The quantitative estimate of drug-likeness (QED) is 0.475. The number of carbonyl (C=O) groups excluding carboxylic acids is 1. The van der Waals surface area contributed by atoms with Gasteiger partial charge in [0.15, 0.2) is 0 Å². The maximum absolute atomic E-state index is 12.8. The van der Waals surface area contributed by atoms with E-state index in [0.717, 1.165) is 17.7 Å². The lowest BCUT2D eigenvalue weighted by Gasteiger charge is -2.17. The molecule has 116 valence electrons. The Balaban J connectivity index is 2.14. The fourth-order valence-corrected chi connectivity index (χ4v) is 1.63. The first-order valence-corrected chi connectivity index (χ1v) is 6.04. The van der Waals surface area contributed by atoms with Gasteiger partial charge in [0.1, 0.15) is 5.75 Å². The highest BCUT2D eigenvalue weighted by Gasteiger charge is 2.65. The van der Waals surface area contributed by atoms with Gasteiger partial charge in [-0.1, -0.05) is 42.5 Å². The monoisotopic (exact) mass is 316 g/mol. The van der Waals surface area contributed by atoms with Gasteiger partial charge in [-0.2, -0.15) is 22.0 Å². The number of halogens is 5. The predicted molar refractivity (Wildman–Crippen MR) is 68.5 cm³/mol. The molecular formula is C15H9F5O2. The minimum Gasteiger partial charge on any atom is -0.422 e. The molecule has 0 bridgehead atoms. The predicted octanol–water partition coefficient (Wildman–Crippen LogP) is 4.46. The summed E-state index contributed by atoms with van der Waals surface area (Å²) in [5, 5.41) is 0. The van der Waals surface area contributed by atoms with E-state index >= 15 is 0 Å². The molecule has 0 unspecified atom stereocenters. The largest absolute Gasteiger partial charge is 0.465 e. The molecule has 0 heterocycles. The van der Waals surface area contributed by atoms with Crippen molar-refractivity contribution < 1.29 is 31.5 Å². The second-order valence-corrected chi connectivity index (χ2v) is 4.35. The Kier molecular flexibility index (Phi) is 4.16. The molecule has 0 aromatic heterocycles. The fraction of sp³-hybridized carbons (Fsp3) is 0.133.